The number of hydrogen-bond acceptors (Lipinski definition) is 2. The van der Waals surface area contributed by atoms with E-state index in [0.29, 0.717) is 6.54 Å². The summed E-state index contributed by atoms with van der Waals surface area (Å²) in [5.41, 5.74) is 0.928. The van der Waals surface area contributed by atoms with Crippen LogP contribution < -0.4 is 5.32 Å². The first-order valence-corrected chi connectivity index (χ1v) is 4.85. The molecule has 1 heterocycles. The summed E-state index contributed by atoms with van der Waals surface area (Å²) in [5, 5.41) is 2.61. The molecule has 82 valence electrons. The number of carbonyl (C=O) groups excluding carboxylic acids is 2. The normalized spacial score (nSPS) is 11.1. The maximum Gasteiger partial charge on any atom is 0.287 e. The number of aromatic nitrogens is 1. The maximum absolute atomic E-state index is 11.1. The van der Waals surface area contributed by atoms with Crippen molar-refractivity contribution in [3.8, 4) is 0 Å². The third-order valence-electron chi connectivity index (χ3n) is 2.39. The smallest absolute Gasteiger partial charge is 0.287 e. The van der Waals surface area contributed by atoms with E-state index >= 15 is 0 Å². The predicted molar refractivity (Wildman–Crippen MR) is 57.5 cm³/mol. The quantitative estimate of drug-likeness (QED) is 0.725. The fourth-order valence-electron chi connectivity index (χ4n) is 1.27. The molecule has 1 rings (SSSR count). The van der Waals surface area contributed by atoms with Crippen molar-refractivity contribution < 1.29 is 9.59 Å². The van der Waals surface area contributed by atoms with Crippen LogP contribution in [0.25, 0.3) is 0 Å². The first-order valence-electron chi connectivity index (χ1n) is 4.85. The Morgan fingerprint density at radius 3 is 2.60 bits per heavy atom. The molecule has 0 atom stereocenters. The van der Waals surface area contributed by atoms with E-state index in [-0.39, 0.29) is 5.41 Å². The van der Waals surface area contributed by atoms with Crippen LogP contribution in [-0.2, 0) is 15.0 Å². The molecule has 0 saturated carbocycles. The van der Waals surface area contributed by atoms with Crippen molar-refractivity contribution in [3.05, 3.63) is 24.0 Å². The average molecular weight is 208 g/mol. The highest BCUT2D eigenvalue weighted by Gasteiger charge is 2.22. The number of rotatable bonds is 4. The fourth-order valence-corrected chi connectivity index (χ4v) is 1.27. The van der Waals surface area contributed by atoms with E-state index in [1.165, 1.54) is 6.92 Å². The van der Waals surface area contributed by atoms with Gasteiger partial charge >= 0.3 is 0 Å². The maximum atomic E-state index is 11.1. The third kappa shape index (κ3) is 2.94. The molecule has 0 spiro atoms. The van der Waals surface area contributed by atoms with Crippen LogP contribution in [0, 0.1) is 0 Å². The number of hydrogen-bond donors (Lipinski definition) is 2. The van der Waals surface area contributed by atoms with E-state index in [1.807, 2.05) is 32.3 Å². The summed E-state index contributed by atoms with van der Waals surface area (Å²) in [6.07, 6.45) is 3.73. The second-order valence-electron chi connectivity index (χ2n) is 4.22. The molecule has 0 radical (unpaired) electrons. The molecule has 0 fully saturated rings. The lowest BCUT2D eigenvalue weighted by atomic mass is 9.86. The molecule has 0 aliphatic heterocycles. The number of amides is 1. The van der Waals surface area contributed by atoms with Crippen molar-refractivity contribution in [2.24, 2.45) is 0 Å². The van der Waals surface area contributed by atoms with Crippen molar-refractivity contribution >= 4 is 11.7 Å². The Balaban J connectivity index is 2.58. The van der Waals surface area contributed by atoms with Crippen molar-refractivity contribution in [2.75, 3.05) is 6.54 Å². The summed E-state index contributed by atoms with van der Waals surface area (Å²) in [6, 6.07) is 1.96. The molecule has 1 aromatic rings. The lowest BCUT2D eigenvalue weighted by Crippen LogP contribution is -2.39. The van der Waals surface area contributed by atoms with Crippen molar-refractivity contribution in [3.63, 3.8) is 0 Å². The molecule has 1 amide bonds. The highest BCUT2D eigenvalue weighted by Crippen LogP contribution is 2.21. The van der Waals surface area contributed by atoms with Gasteiger partial charge in [0.15, 0.2) is 0 Å². The molecule has 1 aromatic heterocycles. The van der Waals surface area contributed by atoms with Crippen LogP contribution >= 0.6 is 0 Å². The Hall–Kier alpha value is -1.58. The van der Waals surface area contributed by atoms with Crippen LogP contribution in [0.15, 0.2) is 18.5 Å². The zero-order chi connectivity index (χ0) is 11.5. The molecule has 0 unspecified atom stereocenters. The summed E-state index contributed by atoms with van der Waals surface area (Å²) in [7, 11) is 0. The van der Waals surface area contributed by atoms with Crippen LogP contribution in [0.4, 0.5) is 0 Å². The molecular weight excluding hydrogens is 192 g/mol. The lowest BCUT2D eigenvalue weighted by Gasteiger charge is -2.23. The van der Waals surface area contributed by atoms with Gasteiger partial charge < -0.3 is 10.3 Å². The lowest BCUT2D eigenvalue weighted by molar-refractivity contribution is -0.136. The molecule has 0 aliphatic carbocycles. The Labute approximate surface area is 89.1 Å². The number of nitrogens with one attached hydrogen (secondary N) is 2. The SMILES string of the molecule is CC(=O)C(=O)NCC(C)(C)c1cc[nH]c1. The van der Waals surface area contributed by atoms with Crippen LogP contribution in [0.5, 0.6) is 0 Å². The molecule has 15 heavy (non-hydrogen) atoms. The van der Waals surface area contributed by atoms with Gasteiger partial charge in [-0.15, -0.1) is 0 Å². The van der Waals surface area contributed by atoms with Gasteiger partial charge in [-0.3, -0.25) is 9.59 Å². The van der Waals surface area contributed by atoms with E-state index in [9.17, 15) is 9.59 Å². The monoisotopic (exact) mass is 208 g/mol. The molecule has 0 aliphatic rings. The van der Waals surface area contributed by atoms with E-state index < -0.39 is 11.7 Å². The first-order chi connectivity index (χ1) is 6.93. The summed E-state index contributed by atoms with van der Waals surface area (Å²) in [6.45, 7) is 5.73. The van der Waals surface area contributed by atoms with Crippen LogP contribution in [0.3, 0.4) is 0 Å². The highest BCUT2D eigenvalue weighted by molar-refractivity contribution is 6.35. The molecule has 0 bridgehead atoms. The van der Waals surface area contributed by atoms with Gasteiger partial charge in [-0.1, -0.05) is 13.8 Å². The van der Waals surface area contributed by atoms with Gasteiger partial charge in [0.05, 0.1) is 0 Å². The van der Waals surface area contributed by atoms with Gasteiger partial charge in [0.2, 0.25) is 5.78 Å². The van der Waals surface area contributed by atoms with E-state index in [1.54, 1.807) is 0 Å². The van der Waals surface area contributed by atoms with Crippen molar-refractivity contribution in [2.45, 2.75) is 26.2 Å². The van der Waals surface area contributed by atoms with Gasteiger partial charge in [0, 0.05) is 31.3 Å². The Morgan fingerprint density at radius 2 is 2.13 bits per heavy atom. The topological polar surface area (TPSA) is 62.0 Å². The van der Waals surface area contributed by atoms with Gasteiger partial charge in [0.1, 0.15) is 0 Å². The first kappa shape index (κ1) is 11.5. The number of Topliss-reactive ketones (excluding diaryl/α,β-unsaturated/α-hetero) is 1. The summed E-state index contributed by atoms with van der Waals surface area (Å²) in [5.74, 6) is -0.988. The Morgan fingerprint density at radius 1 is 1.47 bits per heavy atom. The van der Waals surface area contributed by atoms with Gasteiger partial charge in [0.25, 0.3) is 5.91 Å². The minimum Gasteiger partial charge on any atom is -0.367 e. The highest BCUT2D eigenvalue weighted by atomic mass is 16.2. The standard InChI is InChI=1S/C11H16N2O2/c1-8(14)10(15)13-7-11(2,3)9-4-5-12-6-9/h4-6,12H,7H2,1-3H3,(H,13,15). The fraction of sp³-hybridized carbons (Fsp3) is 0.455. The van der Waals surface area contributed by atoms with Crippen LogP contribution in [0.1, 0.15) is 26.3 Å². The third-order valence-corrected chi connectivity index (χ3v) is 2.39. The molecule has 2 N–H and O–H groups in total. The van der Waals surface area contributed by atoms with E-state index in [4.69, 9.17) is 0 Å². The largest absolute Gasteiger partial charge is 0.367 e. The molecule has 4 heteroatoms. The minimum absolute atomic E-state index is 0.175. The average Bonchev–Trinajstić information content (AvgIpc) is 2.67. The van der Waals surface area contributed by atoms with E-state index in [0.717, 1.165) is 5.56 Å². The van der Waals surface area contributed by atoms with Crippen LogP contribution in [0.2, 0.25) is 0 Å². The van der Waals surface area contributed by atoms with E-state index in [2.05, 4.69) is 10.3 Å². The molecule has 0 saturated heterocycles. The number of ketones is 1. The van der Waals surface area contributed by atoms with Gasteiger partial charge in [-0.05, 0) is 11.6 Å². The number of H-pyrrole nitrogens is 1. The molecule has 4 nitrogen and oxygen atoms in total. The van der Waals surface area contributed by atoms with Crippen LogP contribution in [-0.4, -0.2) is 23.2 Å². The second-order valence-corrected chi connectivity index (χ2v) is 4.22. The number of aromatic amines is 1. The molecule has 0 aromatic carbocycles. The summed E-state index contributed by atoms with van der Waals surface area (Å²) < 4.78 is 0. The predicted octanol–water partition coefficient (Wildman–Crippen LogP) is 0.997. The Bertz CT molecular complexity index is 353. The zero-order valence-electron chi connectivity index (χ0n) is 9.26. The van der Waals surface area contributed by atoms with Crippen molar-refractivity contribution in [1.82, 2.24) is 10.3 Å². The summed E-state index contributed by atoms with van der Waals surface area (Å²) >= 11 is 0. The Kier molecular flexibility index (Phi) is 3.29. The molecular formula is C11H16N2O2. The summed E-state index contributed by atoms with van der Waals surface area (Å²) in [4.78, 5) is 24.8. The second kappa shape index (κ2) is 4.29. The zero-order valence-corrected chi connectivity index (χ0v) is 9.26. The number of carbonyl (C=O) groups is 2. The van der Waals surface area contributed by atoms with Gasteiger partial charge in [-0.25, -0.2) is 0 Å². The minimum atomic E-state index is -0.529. The van der Waals surface area contributed by atoms with Gasteiger partial charge in [-0.2, -0.15) is 0 Å². The van der Waals surface area contributed by atoms with Crippen molar-refractivity contribution in [1.29, 1.82) is 0 Å².